The van der Waals surface area contributed by atoms with Crippen LogP contribution in [0.5, 0.6) is 5.75 Å². The topological polar surface area (TPSA) is 90.1 Å². The number of nitrogen functional groups attached to an aromatic ring is 1. The highest BCUT2D eigenvalue weighted by Gasteiger charge is 2.10. The van der Waals surface area contributed by atoms with Gasteiger partial charge in [-0.1, -0.05) is 17.8 Å². The first-order chi connectivity index (χ1) is 11.2. The second-order valence-corrected chi connectivity index (χ2v) is 6.44. The molecule has 0 spiro atoms. The third kappa shape index (κ3) is 3.72. The van der Waals surface area contributed by atoms with Crippen molar-refractivity contribution in [3.63, 3.8) is 0 Å². The Morgan fingerprint density at radius 2 is 2.26 bits per heavy atom. The van der Waals surface area contributed by atoms with E-state index in [0.29, 0.717) is 22.4 Å². The maximum Gasteiger partial charge on any atom is 0.234 e. The number of carbonyl (C=O) groups excluding carboxylic acids is 1. The van der Waals surface area contributed by atoms with Gasteiger partial charge in [-0.2, -0.15) is 0 Å². The summed E-state index contributed by atoms with van der Waals surface area (Å²) < 4.78 is 5.12. The summed E-state index contributed by atoms with van der Waals surface area (Å²) in [6, 6.07) is 9.08. The molecule has 3 rings (SSSR count). The Bertz CT molecular complexity index is 850. The van der Waals surface area contributed by atoms with Crippen LogP contribution in [0.15, 0.2) is 40.9 Å². The SMILES string of the molecule is COc1cccc(NC(=O)CSc2nc(N)c3ccsc3n2)c1. The van der Waals surface area contributed by atoms with Crippen LogP contribution in [0.4, 0.5) is 11.5 Å². The standard InChI is InChI=1S/C15H14N4O2S2/c1-21-10-4-2-3-9(7-10)17-12(20)8-23-15-18-13(16)11-5-6-22-14(11)19-15/h2-7H,8H2,1H3,(H,17,20)(H2,16,18,19). The molecule has 3 aromatic rings. The lowest BCUT2D eigenvalue weighted by atomic mass is 10.3. The fourth-order valence-corrected chi connectivity index (χ4v) is 3.43. The highest BCUT2D eigenvalue weighted by molar-refractivity contribution is 7.99. The van der Waals surface area contributed by atoms with E-state index in [1.807, 2.05) is 23.6 Å². The number of benzene rings is 1. The number of aromatic nitrogens is 2. The molecule has 1 aromatic carbocycles. The lowest BCUT2D eigenvalue weighted by Gasteiger charge is -2.07. The molecule has 23 heavy (non-hydrogen) atoms. The molecule has 8 heteroatoms. The molecule has 3 N–H and O–H groups in total. The first kappa shape index (κ1) is 15.6. The molecule has 118 valence electrons. The minimum absolute atomic E-state index is 0.142. The number of amides is 1. The Morgan fingerprint density at radius 1 is 1.39 bits per heavy atom. The number of thiophene rings is 1. The van der Waals surface area contributed by atoms with Gasteiger partial charge in [0.05, 0.1) is 18.2 Å². The number of ether oxygens (including phenoxy) is 1. The van der Waals surface area contributed by atoms with Crippen LogP contribution in [0.25, 0.3) is 10.2 Å². The zero-order valence-corrected chi connectivity index (χ0v) is 13.9. The maximum absolute atomic E-state index is 12.0. The van der Waals surface area contributed by atoms with Crippen molar-refractivity contribution in [3.05, 3.63) is 35.7 Å². The summed E-state index contributed by atoms with van der Waals surface area (Å²) in [6.07, 6.45) is 0. The van der Waals surface area contributed by atoms with Gasteiger partial charge >= 0.3 is 0 Å². The highest BCUT2D eigenvalue weighted by Crippen LogP contribution is 2.26. The van der Waals surface area contributed by atoms with Gasteiger partial charge in [-0.05, 0) is 23.6 Å². The Kier molecular flexibility index (Phi) is 4.63. The molecule has 2 heterocycles. The number of fused-ring (bicyclic) bond motifs is 1. The third-order valence-electron chi connectivity index (χ3n) is 3.02. The van der Waals surface area contributed by atoms with Crippen molar-refractivity contribution in [3.8, 4) is 5.75 Å². The summed E-state index contributed by atoms with van der Waals surface area (Å²) in [7, 11) is 1.58. The number of nitrogens with zero attached hydrogens (tertiary/aromatic N) is 2. The number of rotatable bonds is 5. The summed E-state index contributed by atoms with van der Waals surface area (Å²) in [5.41, 5.74) is 6.58. The smallest absolute Gasteiger partial charge is 0.234 e. The molecule has 0 bridgehead atoms. The summed E-state index contributed by atoms with van der Waals surface area (Å²) in [5.74, 6) is 1.19. The van der Waals surface area contributed by atoms with Gasteiger partial charge in [0.1, 0.15) is 16.4 Å². The molecule has 0 radical (unpaired) electrons. The fraction of sp³-hybridized carbons (Fsp3) is 0.133. The minimum Gasteiger partial charge on any atom is -0.497 e. The van der Waals surface area contributed by atoms with Crippen LogP contribution in [-0.2, 0) is 4.79 Å². The second kappa shape index (κ2) is 6.84. The number of methoxy groups -OCH3 is 1. The van der Waals surface area contributed by atoms with Crippen LogP contribution in [0.3, 0.4) is 0 Å². The average molecular weight is 346 g/mol. The minimum atomic E-state index is -0.142. The average Bonchev–Trinajstić information content (AvgIpc) is 3.02. The molecule has 0 fully saturated rings. The maximum atomic E-state index is 12.0. The molecular weight excluding hydrogens is 332 g/mol. The molecule has 6 nitrogen and oxygen atoms in total. The first-order valence-electron chi connectivity index (χ1n) is 6.73. The number of carbonyl (C=O) groups is 1. The van der Waals surface area contributed by atoms with Crippen molar-refractivity contribution in [2.45, 2.75) is 5.16 Å². The van der Waals surface area contributed by atoms with Gasteiger partial charge in [0.15, 0.2) is 5.16 Å². The van der Waals surface area contributed by atoms with Gasteiger partial charge in [0.25, 0.3) is 0 Å². The van der Waals surface area contributed by atoms with E-state index in [9.17, 15) is 4.79 Å². The molecule has 0 aliphatic heterocycles. The van der Waals surface area contributed by atoms with E-state index in [-0.39, 0.29) is 11.7 Å². The van der Waals surface area contributed by atoms with Gasteiger partial charge < -0.3 is 15.8 Å². The van der Waals surface area contributed by atoms with Crippen molar-refractivity contribution in [2.24, 2.45) is 0 Å². The molecule has 0 aliphatic carbocycles. The molecule has 0 atom stereocenters. The van der Waals surface area contributed by atoms with Gasteiger partial charge in [-0.3, -0.25) is 4.79 Å². The molecule has 2 aromatic heterocycles. The summed E-state index contributed by atoms with van der Waals surface area (Å²) in [5, 5.41) is 6.07. The van der Waals surface area contributed by atoms with Gasteiger partial charge in [0, 0.05) is 11.8 Å². The summed E-state index contributed by atoms with van der Waals surface area (Å²) in [4.78, 5) is 21.5. The number of hydrogen-bond acceptors (Lipinski definition) is 7. The lowest BCUT2D eigenvalue weighted by Crippen LogP contribution is -2.14. The Labute approximate surface area is 141 Å². The van der Waals surface area contributed by atoms with Crippen molar-refractivity contribution in [2.75, 3.05) is 23.9 Å². The zero-order valence-electron chi connectivity index (χ0n) is 12.3. The monoisotopic (exact) mass is 346 g/mol. The highest BCUT2D eigenvalue weighted by atomic mass is 32.2. The number of nitrogens with two attached hydrogens (primary N) is 1. The fourth-order valence-electron chi connectivity index (χ4n) is 1.95. The van der Waals surface area contributed by atoms with Crippen LogP contribution >= 0.6 is 23.1 Å². The largest absolute Gasteiger partial charge is 0.497 e. The number of hydrogen-bond donors (Lipinski definition) is 2. The van der Waals surface area contributed by atoms with Gasteiger partial charge in [-0.15, -0.1) is 11.3 Å². The summed E-state index contributed by atoms with van der Waals surface area (Å²) in [6.45, 7) is 0. The van der Waals surface area contributed by atoms with E-state index in [4.69, 9.17) is 10.5 Å². The molecular formula is C15H14N4O2S2. The van der Waals surface area contributed by atoms with Crippen LogP contribution < -0.4 is 15.8 Å². The Morgan fingerprint density at radius 3 is 3.09 bits per heavy atom. The van der Waals surface area contributed by atoms with Crippen molar-refractivity contribution in [1.82, 2.24) is 9.97 Å². The summed E-state index contributed by atoms with van der Waals surface area (Å²) >= 11 is 2.75. The van der Waals surface area contributed by atoms with Crippen LogP contribution in [0.2, 0.25) is 0 Å². The number of nitrogens with one attached hydrogen (secondary N) is 1. The molecule has 0 saturated carbocycles. The number of anilines is 2. The molecule has 0 aliphatic rings. The van der Waals surface area contributed by atoms with E-state index in [1.54, 1.807) is 19.2 Å². The Balaban J connectivity index is 1.63. The third-order valence-corrected chi connectivity index (χ3v) is 4.67. The van der Waals surface area contributed by atoms with Gasteiger partial charge in [0.2, 0.25) is 5.91 Å². The predicted octanol–water partition coefficient (Wildman–Crippen LogP) is 3.01. The van der Waals surface area contributed by atoms with Crippen LogP contribution in [0, 0.1) is 0 Å². The molecule has 0 saturated heterocycles. The van der Waals surface area contributed by atoms with E-state index in [1.165, 1.54) is 23.1 Å². The van der Waals surface area contributed by atoms with E-state index in [2.05, 4.69) is 15.3 Å². The predicted molar refractivity (Wildman–Crippen MR) is 94.2 cm³/mol. The first-order valence-corrected chi connectivity index (χ1v) is 8.59. The molecule has 1 amide bonds. The van der Waals surface area contributed by atoms with E-state index < -0.39 is 0 Å². The van der Waals surface area contributed by atoms with Gasteiger partial charge in [-0.25, -0.2) is 9.97 Å². The molecule has 0 unspecified atom stereocenters. The quantitative estimate of drug-likeness (QED) is 0.545. The second-order valence-electron chi connectivity index (χ2n) is 4.60. The zero-order chi connectivity index (χ0) is 16.2. The van der Waals surface area contributed by atoms with E-state index >= 15 is 0 Å². The Hall–Kier alpha value is -2.32. The van der Waals surface area contributed by atoms with Crippen LogP contribution in [0.1, 0.15) is 0 Å². The van der Waals surface area contributed by atoms with Crippen molar-refractivity contribution in [1.29, 1.82) is 0 Å². The van der Waals surface area contributed by atoms with E-state index in [0.717, 1.165) is 10.2 Å². The lowest BCUT2D eigenvalue weighted by molar-refractivity contribution is -0.113. The number of thioether (sulfide) groups is 1. The van der Waals surface area contributed by atoms with Crippen LogP contribution in [-0.4, -0.2) is 28.7 Å². The van der Waals surface area contributed by atoms with Crippen molar-refractivity contribution >= 4 is 50.7 Å². The van der Waals surface area contributed by atoms with Crippen molar-refractivity contribution < 1.29 is 9.53 Å². The normalized spacial score (nSPS) is 10.7.